The summed E-state index contributed by atoms with van der Waals surface area (Å²) in [6.07, 6.45) is -2.24. The number of carbonyl (C=O) groups is 1. The molecule has 1 amide bonds. The molecule has 0 spiro atoms. The Morgan fingerprint density at radius 2 is 2.00 bits per heavy atom. The molecule has 3 heterocycles. The van der Waals surface area contributed by atoms with Crippen molar-refractivity contribution in [3.05, 3.63) is 23.3 Å². The molecule has 6 nitrogen and oxygen atoms in total. The molecule has 0 saturated carbocycles. The molecule has 26 heavy (non-hydrogen) atoms. The standard InChI is InChI=1S/C17H23F3N4O2/c1-6-22-8-7-12-21-9-11-13(24(12)22)16(5,17(18,19)20)10-23(11)14(25)26-15(2,3)4/h7,9H,6,8,10H2,1-5H3. The summed E-state index contributed by atoms with van der Waals surface area (Å²) in [5, 5.41) is 3.26. The van der Waals surface area contributed by atoms with Gasteiger partial charge in [0.2, 0.25) is 0 Å². The summed E-state index contributed by atoms with van der Waals surface area (Å²) in [6.45, 7) is 8.46. The van der Waals surface area contributed by atoms with Crippen LogP contribution in [0.5, 0.6) is 0 Å². The maximum Gasteiger partial charge on any atom is 0.414 e. The fraction of sp³-hybridized carbons (Fsp3) is 0.647. The number of hydrogen-bond acceptors (Lipinski definition) is 5. The van der Waals surface area contributed by atoms with Crippen molar-refractivity contribution in [3.8, 4) is 0 Å². The van der Waals surface area contributed by atoms with Crippen molar-refractivity contribution < 1.29 is 22.7 Å². The average molecular weight is 372 g/mol. The van der Waals surface area contributed by atoms with E-state index in [0.29, 0.717) is 18.9 Å². The van der Waals surface area contributed by atoms with E-state index in [1.165, 1.54) is 11.2 Å². The third kappa shape index (κ3) is 2.78. The number of rotatable bonds is 1. The van der Waals surface area contributed by atoms with Crippen LogP contribution in [0, 0.1) is 5.41 Å². The number of carbonyl (C=O) groups excluding carboxylic acids is 1. The van der Waals surface area contributed by atoms with Crippen molar-refractivity contribution in [2.75, 3.05) is 19.6 Å². The van der Waals surface area contributed by atoms with Gasteiger partial charge >= 0.3 is 12.3 Å². The van der Waals surface area contributed by atoms with Gasteiger partial charge in [-0.1, -0.05) is 6.92 Å². The Hall–Kier alpha value is -2.03. The van der Waals surface area contributed by atoms with Gasteiger partial charge in [-0.25, -0.2) is 14.8 Å². The fourth-order valence-electron chi connectivity index (χ4n) is 3.32. The molecule has 0 radical (unpaired) electrons. The molecule has 9 heteroatoms. The number of hydrazine groups is 1. The Morgan fingerprint density at radius 1 is 1.35 bits per heavy atom. The number of allylic oxidation sites excluding steroid dienone is 1. The minimum Gasteiger partial charge on any atom is -0.443 e. The number of likely N-dealkylation sites (N-methyl/N-ethyl adjacent to an activating group) is 1. The fourth-order valence-corrected chi connectivity index (χ4v) is 3.32. The molecular weight excluding hydrogens is 349 g/mol. The monoisotopic (exact) mass is 372 g/mol. The molecule has 0 saturated heterocycles. The molecule has 1 unspecified atom stereocenters. The molecule has 3 aliphatic heterocycles. The summed E-state index contributed by atoms with van der Waals surface area (Å²) >= 11 is 0. The zero-order valence-corrected chi connectivity index (χ0v) is 15.5. The van der Waals surface area contributed by atoms with Gasteiger partial charge in [0.15, 0.2) is 0 Å². The first-order valence-corrected chi connectivity index (χ1v) is 8.50. The summed E-state index contributed by atoms with van der Waals surface area (Å²) in [5.41, 5.74) is -2.87. The van der Waals surface area contributed by atoms with Crippen LogP contribution in [0.1, 0.15) is 34.6 Å². The van der Waals surface area contributed by atoms with Crippen LogP contribution in [0.25, 0.3) is 0 Å². The van der Waals surface area contributed by atoms with Crippen molar-refractivity contribution in [3.63, 3.8) is 0 Å². The zero-order chi connectivity index (χ0) is 19.5. The molecule has 0 aromatic heterocycles. The van der Waals surface area contributed by atoms with E-state index in [-0.39, 0.29) is 11.4 Å². The third-order valence-electron chi connectivity index (χ3n) is 4.65. The van der Waals surface area contributed by atoms with Gasteiger partial charge in [0, 0.05) is 19.6 Å². The van der Waals surface area contributed by atoms with Crippen LogP contribution >= 0.6 is 0 Å². The number of halogens is 3. The van der Waals surface area contributed by atoms with E-state index in [1.54, 1.807) is 31.9 Å². The predicted molar refractivity (Wildman–Crippen MR) is 89.8 cm³/mol. The molecule has 0 fully saturated rings. The SMILES string of the molecule is CCN1CC=C2N=CC3=C(N21)C(C)(C(F)(F)F)CN3C(=O)OC(C)(C)C. The largest absolute Gasteiger partial charge is 0.443 e. The van der Waals surface area contributed by atoms with Gasteiger partial charge in [-0.3, -0.25) is 9.91 Å². The molecule has 0 aliphatic carbocycles. The Morgan fingerprint density at radius 3 is 2.54 bits per heavy atom. The Labute approximate surface area is 150 Å². The van der Waals surface area contributed by atoms with Gasteiger partial charge in [-0.05, 0) is 33.8 Å². The summed E-state index contributed by atoms with van der Waals surface area (Å²) in [5.74, 6) is 0.451. The molecular formula is C17H23F3N4O2. The maximum absolute atomic E-state index is 14.1. The molecule has 0 aromatic rings. The number of alkyl halides is 3. The van der Waals surface area contributed by atoms with E-state index < -0.39 is 29.8 Å². The summed E-state index contributed by atoms with van der Waals surface area (Å²) in [6, 6.07) is 0. The highest BCUT2D eigenvalue weighted by molar-refractivity contribution is 5.89. The van der Waals surface area contributed by atoms with Crippen LogP contribution in [0.2, 0.25) is 0 Å². The smallest absolute Gasteiger partial charge is 0.414 e. The lowest BCUT2D eigenvalue weighted by Crippen LogP contribution is -2.48. The lowest BCUT2D eigenvalue weighted by molar-refractivity contribution is -0.211. The minimum absolute atomic E-state index is 0.0245. The van der Waals surface area contributed by atoms with E-state index in [9.17, 15) is 18.0 Å². The van der Waals surface area contributed by atoms with Crippen LogP contribution in [0.15, 0.2) is 28.3 Å². The normalized spacial score (nSPS) is 26.2. The highest BCUT2D eigenvalue weighted by Gasteiger charge is 2.63. The number of aliphatic imine (C=N–C) groups is 1. The lowest BCUT2D eigenvalue weighted by atomic mass is 9.86. The lowest BCUT2D eigenvalue weighted by Gasteiger charge is -2.40. The number of amides is 1. The number of nitrogens with zero attached hydrogens (tertiary/aromatic N) is 4. The average Bonchev–Trinajstić information content (AvgIpc) is 3.04. The van der Waals surface area contributed by atoms with Gasteiger partial charge in [0.1, 0.15) is 16.8 Å². The van der Waals surface area contributed by atoms with Crippen molar-refractivity contribution >= 4 is 12.3 Å². The molecule has 1 atom stereocenters. The predicted octanol–water partition coefficient (Wildman–Crippen LogP) is 3.50. The first-order chi connectivity index (χ1) is 11.9. The molecule has 0 aromatic carbocycles. The first kappa shape index (κ1) is 18.8. The Kier molecular flexibility index (Phi) is 4.14. The second kappa shape index (κ2) is 5.73. The highest BCUT2D eigenvalue weighted by atomic mass is 19.4. The van der Waals surface area contributed by atoms with Crippen LogP contribution in [-0.4, -0.2) is 58.6 Å². The van der Waals surface area contributed by atoms with Crippen LogP contribution < -0.4 is 0 Å². The molecule has 144 valence electrons. The van der Waals surface area contributed by atoms with E-state index in [4.69, 9.17) is 4.74 Å². The third-order valence-corrected chi connectivity index (χ3v) is 4.65. The van der Waals surface area contributed by atoms with Gasteiger partial charge in [-0.15, -0.1) is 0 Å². The number of hydrogen-bond donors (Lipinski definition) is 0. The van der Waals surface area contributed by atoms with E-state index in [1.807, 2.05) is 6.92 Å². The first-order valence-electron chi connectivity index (χ1n) is 8.50. The molecule has 3 aliphatic rings. The maximum atomic E-state index is 14.1. The summed E-state index contributed by atoms with van der Waals surface area (Å²) in [4.78, 5) is 17.9. The van der Waals surface area contributed by atoms with Crippen molar-refractivity contribution in [1.29, 1.82) is 0 Å². The quantitative estimate of drug-likeness (QED) is 0.707. The second-order valence-electron chi connectivity index (χ2n) is 7.77. The Balaban J connectivity index is 2.09. The van der Waals surface area contributed by atoms with E-state index in [0.717, 1.165) is 11.8 Å². The van der Waals surface area contributed by atoms with Gasteiger partial charge in [-0.2, -0.15) is 13.2 Å². The van der Waals surface area contributed by atoms with E-state index >= 15 is 0 Å². The highest BCUT2D eigenvalue weighted by Crippen LogP contribution is 2.54. The summed E-state index contributed by atoms with van der Waals surface area (Å²) in [7, 11) is 0. The molecule has 0 N–H and O–H groups in total. The number of ether oxygens (including phenoxy) is 1. The van der Waals surface area contributed by atoms with Gasteiger partial charge in [0.05, 0.1) is 17.6 Å². The second-order valence-corrected chi connectivity index (χ2v) is 7.77. The molecule has 3 rings (SSSR count). The van der Waals surface area contributed by atoms with Gasteiger partial charge in [0.25, 0.3) is 0 Å². The Bertz CT molecular complexity index is 721. The van der Waals surface area contributed by atoms with Crippen molar-refractivity contribution in [2.24, 2.45) is 10.4 Å². The van der Waals surface area contributed by atoms with Crippen molar-refractivity contribution in [2.45, 2.75) is 46.4 Å². The van der Waals surface area contributed by atoms with Crippen LogP contribution in [-0.2, 0) is 4.74 Å². The van der Waals surface area contributed by atoms with Crippen molar-refractivity contribution in [1.82, 2.24) is 14.9 Å². The summed E-state index contributed by atoms with van der Waals surface area (Å²) < 4.78 is 47.5. The molecule has 0 bridgehead atoms. The van der Waals surface area contributed by atoms with Crippen LogP contribution in [0.3, 0.4) is 0 Å². The minimum atomic E-state index is -4.54. The topological polar surface area (TPSA) is 48.4 Å². The van der Waals surface area contributed by atoms with Crippen LogP contribution in [0.4, 0.5) is 18.0 Å². The zero-order valence-electron chi connectivity index (χ0n) is 15.5. The van der Waals surface area contributed by atoms with Gasteiger partial charge < -0.3 is 4.74 Å². The number of fused-ring (bicyclic) bond motifs is 2. The van der Waals surface area contributed by atoms with E-state index in [2.05, 4.69) is 4.99 Å².